The number of allylic oxidation sites excluding steroid dienone is 1. The average Bonchev–Trinajstić information content (AvgIpc) is 2.61. The second-order valence-corrected chi connectivity index (χ2v) is 5.05. The standard InChI is InChI=1S/C19H14F3NO3/c1-2-25-17-10-13(12-23)8-9-16(17)26-18(24)11-15(19(20,21)22)14-6-4-3-5-7-14/h3-11H,2H2,1H3/b15-11-. The number of halogens is 3. The normalized spacial score (nSPS) is 11.6. The smallest absolute Gasteiger partial charge is 0.417 e. The van der Waals surface area contributed by atoms with Gasteiger partial charge in [-0.25, -0.2) is 4.79 Å². The van der Waals surface area contributed by atoms with E-state index in [0.717, 1.165) is 0 Å². The number of ether oxygens (including phenoxy) is 2. The summed E-state index contributed by atoms with van der Waals surface area (Å²) in [5, 5.41) is 8.89. The molecule has 26 heavy (non-hydrogen) atoms. The van der Waals surface area contributed by atoms with E-state index in [1.807, 2.05) is 6.07 Å². The quantitative estimate of drug-likeness (QED) is 0.447. The fraction of sp³-hybridized carbons (Fsp3) is 0.158. The maximum Gasteiger partial charge on any atom is 0.417 e. The highest BCUT2D eigenvalue weighted by molar-refractivity contribution is 5.94. The van der Waals surface area contributed by atoms with Crippen LogP contribution in [0.2, 0.25) is 0 Å². The molecule has 4 nitrogen and oxygen atoms in total. The molecule has 0 aromatic heterocycles. The van der Waals surface area contributed by atoms with Crippen molar-refractivity contribution < 1.29 is 27.4 Å². The highest BCUT2D eigenvalue weighted by Crippen LogP contribution is 2.34. The molecule has 0 fully saturated rings. The third kappa shape index (κ3) is 4.86. The molecule has 0 aliphatic heterocycles. The molecule has 2 aromatic rings. The number of hydrogen-bond donors (Lipinski definition) is 0. The summed E-state index contributed by atoms with van der Waals surface area (Å²) in [7, 11) is 0. The zero-order chi connectivity index (χ0) is 19.2. The number of alkyl halides is 3. The number of nitriles is 1. The van der Waals surface area contributed by atoms with Gasteiger partial charge in [-0.15, -0.1) is 0 Å². The molecule has 0 unspecified atom stereocenters. The molecule has 0 aliphatic carbocycles. The van der Waals surface area contributed by atoms with E-state index >= 15 is 0 Å². The molecule has 0 spiro atoms. The van der Waals surface area contributed by atoms with Crippen molar-refractivity contribution >= 4 is 11.5 Å². The van der Waals surface area contributed by atoms with E-state index in [0.29, 0.717) is 6.08 Å². The van der Waals surface area contributed by atoms with E-state index in [1.54, 1.807) is 13.0 Å². The van der Waals surface area contributed by atoms with Crippen molar-refractivity contribution in [2.45, 2.75) is 13.1 Å². The molecule has 0 heterocycles. The summed E-state index contributed by atoms with van der Waals surface area (Å²) < 4.78 is 50.1. The minimum atomic E-state index is -4.73. The van der Waals surface area contributed by atoms with Crippen molar-refractivity contribution in [3.63, 3.8) is 0 Å². The topological polar surface area (TPSA) is 59.3 Å². The van der Waals surface area contributed by atoms with E-state index in [2.05, 4.69) is 0 Å². The minimum Gasteiger partial charge on any atom is -0.490 e. The van der Waals surface area contributed by atoms with Crippen LogP contribution in [-0.2, 0) is 4.79 Å². The van der Waals surface area contributed by atoms with E-state index in [4.69, 9.17) is 14.7 Å². The van der Waals surface area contributed by atoms with Gasteiger partial charge in [-0.05, 0) is 24.6 Å². The van der Waals surface area contributed by atoms with Crippen LogP contribution in [0.4, 0.5) is 13.2 Å². The van der Waals surface area contributed by atoms with Gasteiger partial charge in [0.1, 0.15) is 0 Å². The van der Waals surface area contributed by atoms with Crippen LogP contribution in [0, 0.1) is 11.3 Å². The zero-order valence-electron chi connectivity index (χ0n) is 13.7. The Morgan fingerprint density at radius 3 is 2.42 bits per heavy atom. The van der Waals surface area contributed by atoms with Gasteiger partial charge < -0.3 is 9.47 Å². The molecule has 0 bridgehead atoms. The van der Waals surface area contributed by atoms with Crippen molar-refractivity contribution in [2.75, 3.05) is 6.61 Å². The summed E-state index contributed by atoms with van der Waals surface area (Å²) in [6.45, 7) is 1.91. The third-order valence-corrected chi connectivity index (χ3v) is 3.24. The van der Waals surface area contributed by atoms with Crippen molar-refractivity contribution in [3.8, 4) is 17.6 Å². The zero-order valence-corrected chi connectivity index (χ0v) is 13.7. The van der Waals surface area contributed by atoms with Crippen LogP contribution in [0.1, 0.15) is 18.1 Å². The highest BCUT2D eigenvalue weighted by atomic mass is 19.4. The van der Waals surface area contributed by atoms with Gasteiger partial charge in [0.05, 0.1) is 23.8 Å². The molecular weight excluding hydrogens is 347 g/mol. The van der Waals surface area contributed by atoms with Crippen LogP contribution in [0.15, 0.2) is 54.6 Å². The van der Waals surface area contributed by atoms with E-state index in [1.165, 1.54) is 42.5 Å². The van der Waals surface area contributed by atoms with Crippen LogP contribution >= 0.6 is 0 Å². The lowest BCUT2D eigenvalue weighted by atomic mass is 10.1. The SMILES string of the molecule is CCOc1cc(C#N)ccc1OC(=O)/C=C(/c1ccccc1)C(F)(F)F. The van der Waals surface area contributed by atoms with Gasteiger partial charge in [0.15, 0.2) is 11.5 Å². The number of carbonyl (C=O) groups is 1. The molecule has 0 N–H and O–H groups in total. The average molecular weight is 361 g/mol. The maximum absolute atomic E-state index is 13.3. The van der Waals surface area contributed by atoms with E-state index < -0.39 is 17.7 Å². The van der Waals surface area contributed by atoms with Crippen molar-refractivity contribution in [1.82, 2.24) is 0 Å². The Labute approximate surface area is 148 Å². The second-order valence-electron chi connectivity index (χ2n) is 5.05. The van der Waals surface area contributed by atoms with Crippen LogP contribution < -0.4 is 9.47 Å². The summed E-state index contributed by atoms with van der Waals surface area (Å²) in [6.07, 6.45) is -4.34. The molecule has 0 amide bonds. The monoisotopic (exact) mass is 361 g/mol. The fourth-order valence-electron chi connectivity index (χ4n) is 2.13. The molecular formula is C19H14F3NO3. The molecule has 2 rings (SSSR count). The molecule has 0 atom stereocenters. The lowest BCUT2D eigenvalue weighted by Crippen LogP contribution is -2.15. The molecule has 0 aliphatic rings. The predicted molar refractivity (Wildman–Crippen MR) is 88.4 cm³/mol. The van der Waals surface area contributed by atoms with Crippen molar-refractivity contribution in [2.24, 2.45) is 0 Å². The first-order chi connectivity index (χ1) is 12.3. The summed E-state index contributed by atoms with van der Waals surface area (Å²) >= 11 is 0. The Hall–Kier alpha value is -3.27. The Morgan fingerprint density at radius 2 is 1.85 bits per heavy atom. The van der Waals surface area contributed by atoms with Gasteiger partial charge in [0.2, 0.25) is 0 Å². The lowest BCUT2D eigenvalue weighted by molar-refractivity contribution is -0.129. The maximum atomic E-state index is 13.3. The lowest BCUT2D eigenvalue weighted by Gasteiger charge is -2.13. The number of hydrogen-bond acceptors (Lipinski definition) is 4. The molecule has 7 heteroatoms. The fourth-order valence-corrected chi connectivity index (χ4v) is 2.13. The first-order valence-electron chi connectivity index (χ1n) is 7.58. The molecule has 0 saturated heterocycles. The number of benzene rings is 2. The minimum absolute atomic E-state index is 0.0679. The molecule has 0 radical (unpaired) electrons. The predicted octanol–water partition coefficient (Wildman–Crippen LogP) is 4.51. The Balaban J connectivity index is 2.34. The Kier molecular flexibility index (Phi) is 6.02. The first-order valence-corrected chi connectivity index (χ1v) is 7.58. The van der Waals surface area contributed by atoms with E-state index in [9.17, 15) is 18.0 Å². The van der Waals surface area contributed by atoms with Gasteiger partial charge >= 0.3 is 12.1 Å². The summed E-state index contributed by atoms with van der Waals surface area (Å²) in [4.78, 5) is 12.0. The van der Waals surface area contributed by atoms with Gasteiger partial charge in [-0.2, -0.15) is 18.4 Å². The van der Waals surface area contributed by atoms with E-state index in [-0.39, 0.29) is 29.2 Å². The van der Waals surface area contributed by atoms with Crippen LogP contribution in [0.3, 0.4) is 0 Å². The number of esters is 1. The third-order valence-electron chi connectivity index (χ3n) is 3.24. The summed E-state index contributed by atoms with van der Waals surface area (Å²) in [5.41, 5.74) is -0.999. The van der Waals surface area contributed by atoms with Gasteiger partial charge in [0, 0.05) is 12.1 Å². The summed E-state index contributed by atoms with van der Waals surface area (Å²) in [5.74, 6) is -1.17. The summed E-state index contributed by atoms with van der Waals surface area (Å²) in [6, 6.07) is 12.9. The van der Waals surface area contributed by atoms with Gasteiger partial charge in [-0.3, -0.25) is 0 Å². The molecule has 134 valence electrons. The highest BCUT2D eigenvalue weighted by Gasteiger charge is 2.35. The van der Waals surface area contributed by atoms with Crippen molar-refractivity contribution in [3.05, 3.63) is 65.7 Å². The largest absolute Gasteiger partial charge is 0.490 e. The van der Waals surface area contributed by atoms with Gasteiger partial charge in [0.25, 0.3) is 0 Å². The second kappa shape index (κ2) is 8.21. The molecule has 0 saturated carbocycles. The van der Waals surface area contributed by atoms with Crippen LogP contribution in [0.25, 0.3) is 5.57 Å². The number of nitrogens with zero attached hydrogens (tertiary/aromatic N) is 1. The Morgan fingerprint density at radius 1 is 1.15 bits per heavy atom. The first kappa shape index (κ1) is 19.1. The van der Waals surface area contributed by atoms with Crippen LogP contribution in [0.5, 0.6) is 11.5 Å². The van der Waals surface area contributed by atoms with Crippen LogP contribution in [-0.4, -0.2) is 18.8 Å². The Bertz CT molecular complexity index is 853. The van der Waals surface area contributed by atoms with Gasteiger partial charge in [-0.1, -0.05) is 30.3 Å². The number of rotatable bonds is 5. The van der Waals surface area contributed by atoms with Crippen molar-refractivity contribution in [1.29, 1.82) is 5.26 Å². The molecule has 2 aromatic carbocycles. The number of carbonyl (C=O) groups excluding carboxylic acids is 1.